The number of fused-ring (bicyclic) bond motifs is 1. The molecule has 168 valence electrons. The van der Waals surface area contributed by atoms with Gasteiger partial charge < -0.3 is 10.5 Å². The summed E-state index contributed by atoms with van der Waals surface area (Å²) in [5.41, 5.74) is 7.99. The number of benzene rings is 1. The van der Waals surface area contributed by atoms with Crippen LogP contribution in [0, 0.1) is 17.2 Å². The average molecular weight is 461 g/mol. The molecule has 5 nitrogen and oxygen atoms in total. The maximum Gasteiger partial charge on any atom is 0.391 e. The number of pyridine rings is 1. The van der Waals surface area contributed by atoms with Crippen molar-refractivity contribution < 1.29 is 17.9 Å². The molecule has 32 heavy (non-hydrogen) atoms. The van der Waals surface area contributed by atoms with Crippen LogP contribution in [0.4, 0.5) is 13.2 Å². The molecule has 2 N–H and O–H groups in total. The highest BCUT2D eigenvalue weighted by Crippen LogP contribution is 2.42. The van der Waals surface area contributed by atoms with Crippen molar-refractivity contribution in [3.63, 3.8) is 0 Å². The topological polar surface area (TPSA) is 76.3 Å². The van der Waals surface area contributed by atoms with E-state index in [1.807, 2.05) is 41.1 Å². The summed E-state index contributed by atoms with van der Waals surface area (Å²) >= 11 is 1.40. The maximum atomic E-state index is 13.3. The minimum Gasteiger partial charge on any atom is -0.490 e. The number of thioether (sulfide) groups is 1. The number of hydrogen-bond acceptors (Lipinski definition) is 5. The number of alkyl halides is 3. The van der Waals surface area contributed by atoms with Crippen molar-refractivity contribution in [3.05, 3.63) is 48.3 Å². The standard InChI is InChI=1S/C23H23F3N4OS/c1-32-20-10-15(18-13-29-21-6-2-3-8-30(18)21)9-19(17(20)12-27)31-14-22(28)7-4-5-16(11-22)23(24,25)26/h2-3,6,8-10,13,16H,4-5,7,11,14,28H2,1H3. The maximum absolute atomic E-state index is 13.3. The largest absolute Gasteiger partial charge is 0.490 e. The molecule has 0 amide bonds. The summed E-state index contributed by atoms with van der Waals surface area (Å²) in [4.78, 5) is 5.12. The van der Waals surface area contributed by atoms with Crippen LogP contribution in [-0.4, -0.2) is 34.0 Å². The number of nitrogens with zero attached hydrogens (tertiary/aromatic N) is 3. The smallest absolute Gasteiger partial charge is 0.391 e. The van der Waals surface area contributed by atoms with Crippen molar-refractivity contribution in [2.24, 2.45) is 11.7 Å². The van der Waals surface area contributed by atoms with Crippen molar-refractivity contribution in [1.29, 1.82) is 5.26 Å². The minimum absolute atomic E-state index is 0.0846. The SMILES string of the molecule is CSc1cc(-c2cnc3ccccn23)cc(OCC2(N)CCCC(C(F)(F)F)C2)c1C#N. The van der Waals surface area contributed by atoms with Crippen LogP contribution in [0.5, 0.6) is 5.75 Å². The third-order valence-electron chi connectivity index (χ3n) is 5.97. The Morgan fingerprint density at radius 3 is 2.91 bits per heavy atom. The number of rotatable bonds is 5. The highest BCUT2D eigenvalue weighted by molar-refractivity contribution is 7.98. The van der Waals surface area contributed by atoms with Crippen LogP contribution >= 0.6 is 11.8 Å². The first kappa shape index (κ1) is 22.5. The third kappa shape index (κ3) is 4.43. The fraction of sp³-hybridized carbons (Fsp3) is 0.391. The lowest BCUT2D eigenvalue weighted by molar-refractivity contribution is -0.188. The second-order valence-corrected chi connectivity index (χ2v) is 9.07. The first-order chi connectivity index (χ1) is 15.2. The lowest BCUT2D eigenvalue weighted by Gasteiger charge is -2.38. The van der Waals surface area contributed by atoms with Gasteiger partial charge in [-0.05, 0) is 49.8 Å². The normalized spacial score (nSPS) is 21.4. The number of imidazole rings is 1. The molecular weight excluding hydrogens is 437 g/mol. The molecule has 2 aromatic heterocycles. The predicted molar refractivity (Wildman–Crippen MR) is 118 cm³/mol. The predicted octanol–water partition coefficient (Wildman–Crippen LogP) is 5.42. The Kier molecular flexibility index (Phi) is 6.10. The van der Waals surface area contributed by atoms with Crippen LogP contribution in [0.25, 0.3) is 16.9 Å². The van der Waals surface area contributed by atoms with Crippen LogP contribution in [0.2, 0.25) is 0 Å². The monoisotopic (exact) mass is 460 g/mol. The van der Waals surface area contributed by atoms with E-state index in [2.05, 4.69) is 11.1 Å². The van der Waals surface area contributed by atoms with Crippen LogP contribution in [0.3, 0.4) is 0 Å². The molecule has 0 radical (unpaired) electrons. The summed E-state index contributed by atoms with van der Waals surface area (Å²) in [5, 5.41) is 9.73. The van der Waals surface area contributed by atoms with Crippen LogP contribution in [0.1, 0.15) is 31.2 Å². The Balaban J connectivity index is 1.66. The summed E-state index contributed by atoms with van der Waals surface area (Å²) < 4.78 is 47.7. The van der Waals surface area contributed by atoms with Crippen LogP contribution in [0.15, 0.2) is 47.6 Å². The van der Waals surface area contributed by atoms with E-state index in [0.29, 0.717) is 29.1 Å². The molecule has 1 saturated carbocycles. The van der Waals surface area contributed by atoms with E-state index in [-0.39, 0.29) is 19.4 Å². The highest BCUT2D eigenvalue weighted by Gasteiger charge is 2.46. The molecule has 4 rings (SSSR count). The first-order valence-electron chi connectivity index (χ1n) is 10.3. The van der Waals surface area contributed by atoms with Gasteiger partial charge in [-0.1, -0.05) is 12.5 Å². The van der Waals surface area contributed by atoms with E-state index in [0.717, 1.165) is 16.9 Å². The summed E-state index contributed by atoms with van der Waals surface area (Å²) in [6.07, 6.45) is 1.98. The van der Waals surface area contributed by atoms with E-state index in [9.17, 15) is 18.4 Å². The van der Waals surface area contributed by atoms with E-state index in [4.69, 9.17) is 10.5 Å². The average Bonchev–Trinajstić information content (AvgIpc) is 3.20. The van der Waals surface area contributed by atoms with E-state index in [1.165, 1.54) is 11.8 Å². The van der Waals surface area contributed by atoms with Gasteiger partial charge in [-0.2, -0.15) is 18.4 Å². The number of halogens is 3. The van der Waals surface area contributed by atoms with Gasteiger partial charge in [0, 0.05) is 16.7 Å². The molecule has 3 aromatic rings. The van der Waals surface area contributed by atoms with Gasteiger partial charge in [0.2, 0.25) is 0 Å². The molecule has 1 aliphatic rings. The van der Waals surface area contributed by atoms with Gasteiger partial charge in [-0.15, -0.1) is 11.8 Å². The van der Waals surface area contributed by atoms with E-state index < -0.39 is 17.6 Å². The summed E-state index contributed by atoms with van der Waals surface area (Å²) in [6.45, 7) is -0.0846. The number of ether oxygens (including phenoxy) is 1. The van der Waals surface area contributed by atoms with Gasteiger partial charge in [0.1, 0.15) is 29.6 Å². The van der Waals surface area contributed by atoms with Gasteiger partial charge in [0.15, 0.2) is 0 Å². The molecule has 1 fully saturated rings. The van der Waals surface area contributed by atoms with E-state index in [1.54, 1.807) is 12.3 Å². The van der Waals surface area contributed by atoms with Crippen molar-refractivity contribution in [2.75, 3.05) is 12.9 Å². The molecule has 1 aliphatic carbocycles. The zero-order valence-corrected chi connectivity index (χ0v) is 18.3. The van der Waals surface area contributed by atoms with Crippen molar-refractivity contribution >= 4 is 17.4 Å². The van der Waals surface area contributed by atoms with Crippen LogP contribution in [-0.2, 0) is 0 Å². The quantitative estimate of drug-likeness (QED) is 0.514. The van der Waals surface area contributed by atoms with Crippen LogP contribution < -0.4 is 10.5 Å². The zero-order valence-electron chi connectivity index (χ0n) is 17.5. The molecule has 0 aliphatic heterocycles. The molecule has 0 spiro atoms. The second-order valence-electron chi connectivity index (χ2n) is 8.22. The molecular formula is C23H23F3N4OS. The van der Waals surface area contributed by atoms with Crippen molar-refractivity contribution in [1.82, 2.24) is 9.38 Å². The molecule has 2 heterocycles. The molecule has 9 heteroatoms. The molecule has 0 bridgehead atoms. The summed E-state index contributed by atoms with van der Waals surface area (Å²) in [7, 11) is 0. The summed E-state index contributed by atoms with van der Waals surface area (Å²) in [6, 6.07) is 11.5. The number of hydrogen-bond donors (Lipinski definition) is 1. The minimum atomic E-state index is -4.27. The lowest BCUT2D eigenvalue weighted by Crippen LogP contribution is -2.51. The molecule has 1 aromatic carbocycles. The van der Waals surface area contributed by atoms with Gasteiger partial charge in [0.05, 0.1) is 23.3 Å². The van der Waals surface area contributed by atoms with Gasteiger partial charge >= 0.3 is 6.18 Å². The van der Waals surface area contributed by atoms with Gasteiger partial charge in [-0.25, -0.2) is 4.98 Å². The second kappa shape index (κ2) is 8.68. The van der Waals surface area contributed by atoms with Gasteiger partial charge in [0.25, 0.3) is 0 Å². The Bertz CT molecular complexity index is 1170. The van der Waals surface area contributed by atoms with E-state index >= 15 is 0 Å². The Morgan fingerprint density at radius 2 is 2.19 bits per heavy atom. The molecule has 0 saturated heterocycles. The first-order valence-corrected chi connectivity index (χ1v) is 11.5. The Hall–Kier alpha value is -2.70. The fourth-order valence-corrected chi connectivity index (χ4v) is 4.89. The zero-order chi connectivity index (χ0) is 22.9. The Morgan fingerprint density at radius 1 is 1.38 bits per heavy atom. The lowest BCUT2D eigenvalue weighted by atomic mass is 9.76. The van der Waals surface area contributed by atoms with Gasteiger partial charge in [-0.3, -0.25) is 4.40 Å². The van der Waals surface area contributed by atoms with Crippen molar-refractivity contribution in [3.8, 4) is 23.1 Å². The third-order valence-corrected chi connectivity index (χ3v) is 6.73. The Labute approximate surface area is 188 Å². The summed E-state index contributed by atoms with van der Waals surface area (Å²) in [5.74, 6) is -1.11. The number of nitriles is 1. The fourth-order valence-electron chi connectivity index (χ4n) is 4.30. The number of nitrogens with two attached hydrogens (primary N) is 1. The molecule has 2 unspecified atom stereocenters. The van der Waals surface area contributed by atoms with Crippen molar-refractivity contribution in [2.45, 2.75) is 42.3 Å². The number of aromatic nitrogens is 2. The highest BCUT2D eigenvalue weighted by atomic mass is 32.2. The molecule has 2 atom stereocenters.